The molecule has 1 N–H and O–H groups in total. The summed E-state index contributed by atoms with van der Waals surface area (Å²) in [5.74, 6) is -0.615. The molecule has 2 aliphatic rings. The van der Waals surface area contributed by atoms with Crippen molar-refractivity contribution in [3.05, 3.63) is 36.0 Å². The van der Waals surface area contributed by atoms with Crippen molar-refractivity contribution in [2.75, 3.05) is 24.7 Å². The molecule has 1 unspecified atom stereocenters. The van der Waals surface area contributed by atoms with Crippen LogP contribution in [0.2, 0.25) is 0 Å². The SMILES string of the molecule is CCOCC1CN(c2ccncn2)Cc2cnn(CC3CC3)c21.O=C(O)C(F)(F)F. The molecule has 1 fully saturated rings. The van der Waals surface area contributed by atoms with E-state index in [-0.39, 0.29) is 0 Å². The van der Waals surface area contributed by atoms with Crippen molar-refractivity contribution in [3.8, 4) is 0 Å². The van der Waals surface area contributed by atoms with Gasteiger partial charge in [-0.2, -0.15) is 18.3 Å². The van der Waals surface area contributed by atoms with Gasteiger partial charge in [-0.1, -0.05) is 0 Å². The summed E-state index contributed by atoms with van der Waals surface area (Å²) >= 11 is 0. The maximum atomic E-state index is 10.6. The van der Waals surface area contributed by atoms with E-state index >= 15 is 0 Å². The molecule has 0 amide bonds. The topological polar surface area (TPSA) is 93.4 Å². The Morgan fingerprint density at radius 3 is 2.67 bits per heavy atom. The number of rotatable bonds is 6. The molecule has 0 radical (unpaired) electrons. The van der Waals surface area contributed by atoms with Crippen LogP contribution in [0.3, 0.4) is 0 Å². The zero-order valence-electron chi connectivity index (χ0n) is 16.5. The Morgan fingerprint density at radius 1 is 1.37 bits per heavy atom. The van der Waals surface area contributed by atoms with Gasteiger partial charge < -0.3 is 14.7 Å². The molecule has 1 aliphatic heterocycles. The monoisotopic (exact) mass is 427 g/mol. The number of aromatic nitrogens is 4. The van der Waals surface area contributed by atoms with Crippen LogP contribution in [-0.2, 0) is 22.6 Å². The molecule has 0 spiro atoms. The lowest BCUT2D eigenvalue weighted by atomic mass is 9.96. The highest BCUT2D eigenvalue weighted by Crippen LogP contribution is 2.35. The standard InChI is InChI=1S/C17H23N5O.C2HF3O2/c1-2-23-11-15-10-21(16-5-6-18-12-19-16)9-14-7-20-22(17(14)15)8-13-3-4-13;3-2(4,5)1(6)7/h5-7,12-13,15H,2-4,8-11H2,1H3;(H,6,7). The normalized spacial score (nSPS) is 18.4. The first-order valence-electron chi connectivity index (χ1n) is 9.73. The quantitative estimate of drug-likeness (QED) is 0.758. The molecule has 2 aromatic heterocycles. The molecule has 11 heteroatoms. The molecule has 8 nitrogen and oxygen atoms in total. The lowest BCUT2D eigenvalue weighted by molar-refractivity contribution is -0.192. The summed E-state index contributed by atoms with van der Waals surface area (Å²) in [5.41, 5.74) is 2.68. The molecule has 30 heavy (non-hydrogen) atoms. The number of halogens is 3. The summed E-state index contributed by atoms with van der Waals surface area (Å²) in [6, 6.07) is 1.97. The van der Waals surface area contributed by atoms with Gasteiger partial charge in [0.05, 0.1) is 18.5 Å². The van der Waals surface area contributed by atoms with E-state index in [1.54, 1.807) is 12.5 Å². The molecular formula is C19H24F3N5O3. The van der Waals surface area contributed by atoms with Crippen molar-refractivity contribution >= 4 is 11.8 Å². The molecule has 0 aromatic carbocycles. The Labute approximate surface area is 171 Å². The van der Waals surface area contributed by atoms with E-state index in [2.05, 4.69) is 24.6 Å². The van der Waals surface area contributed by atoms with Crippen molar-refractivity contribution in [2.45, 2.75) is 44.9 Å². The predicted molar refractivity (Wildman–Crippen MR) is 101 cm³/mol. The van der Waals surface area contributed by atoms with Gasteiger partial charge in [-0.05, 0) is 31.7 Å². The first kappa shape index (κ1) is 22.0. The van der Waals surface area contributed by atoms with E-state index in [9.17, 15) is 13.2 Å². The summed E-state index contributed by atoms with van der Waals surface area (Å²) < 4.78 is 39.7. The summed E-state index contributed by atoms with van der Waals surface area (Å²) in [6.45, 7) is 6.37. The summed E-state index contributed by atoms with van der Waals surface area (Å²) in [7, 11) is 0. The van der Waals surface area contributed by atoms with Crippen LogP contribution in [0.25, 0.3) is 0 Å². The summed E-state index contributed by atoms with van der Waals surface area (Å²) in [5, 5.41) is 11.8. The lowest BCUT2D eigenvalue weighted by Gasteiger charge is -2.34. The van der Waals surface area contributed by atoms with Crippen molar-refractivity contribution < 1.29 is 27.8 Å². The third kappa shape index (κ3) is 5.68. The molecule has 3 heterocycles. The van der Waals surface area contributed by atoms with Gasteiger partial charge in [-0.15, -0.1) is 0 Å². The van der Waals surface area contributed by atoms with Crippen molar-refractivity contribution in [3.63, 3.8) is 0 Å². The highest BCUT2D eigenvalue weighted by molar-refractivity contribution is 5.73. The Hall–Kier alpha value is -2.69. The minimum atomic E-state index is -5.08. The summed E-state index contributed by atoms with van der Waals surface area (Å²) in [6.07, 6.45) is 3.05. The van der Waals surface area contributed by atoms with Crippen LogP contribution < -0.4 is 4.90 Å². The number of fused-ring (bicyclic) bond motifs is 1. The highest BCUT2D eigenvalue weighted by atomic mass is 19.4. The van der Waals surface area contributed by atoms with Gasteiger partial charge in [-0.3, -0.25) is 4.68 Å². The maximum Gasteiger partial charge on any atom is 0.490 e. The van der Waals surface area contributed by atoms with E-state index in [0.717, 1.165) is 44.6 Å². The van der Waals surface area contributed by atoms with Crippen molar-refractivity contribution in [1.82, 2.24) is 19.7 Å². The Balaban J connectivity index is 0.000000318. The number of ether oxygens (including phenoxy) is 1. The van der Waals surface area contributed by atoms with Gasteiger partial charge in [0, 0.05) is 43.9 Å². The Kier molecular flexibility index (Phi) is 6.91. The van der Waals surface area contributed by atoms with E-state index < -0.39 is 12.1 Å². The third-order valence-electron chi connectivity index (χ3n) is 4.93. The minimum Gasteiger partial charge on any atom is -0.475 e. The number of alkyl halides is 3. The number of hydrogen-bond donors (Lipinski definition) is 1. The second-order valence-corrected chi connectivity index (χ2v) is 7.29. The molecule has 164 valence electrons. The first-order chi connectivity index (χ1) is 14.3. The number of anilines is 1. The molecule has 0 saturated heterocycles. The van der Waals surface area contributed by atoms with E-state index in [1.807, 2.05) is 19.2 Å². The van der Waals surface area contributed by atoms with Crippen LogP contribution in [0.1, 0.15) is 36.9 Å². The number of hydrogen-bond acceptors (Lipinski definition) is 6. The van der Waals surface area contributed by atoms with Crippen LogP contribution in [0.5, 0.6) is 0 Å². The smallest absolute Gasteiger partial charge is 0.475 e. The van der Waals surface area contributed by atoms with E-state index in [1.165, 1.54) is 24.1 Å². The molecule has 1 saturated carbocycles. The van der Waals surface area contributed by atoms with Crippen LogP contribution in [0, 0.1) is 5.92 Å². The zero-order valence-corrected chi connectivity index (χ0v) is 16.5. The van der Waals surface area contributed by atoms with E-state index in [0.29, 0.717) is 5.92 Å². The van der Waals surface area contributed by atoms with Gasteiger partial charge >= 0.3 is 12.1 Å². The fourth-order valence-corrected chi connectivity index (χ4v) is 3.38. The number of carboxylic acid groups (broad SMARTS) is 1. The molecule has 2 aromatic rings. The summed E-state index contributed by atoms with van der Waals surface area (Å²) in [4.78, 5) is 19.6. The molecule has 4 rings (SSSR count). The number of carbonyl (C=O) groups is 1. The molecular weight excluding hydrogens is 403 g/mol. The first-order valence-corrected chi connectivity index (χ1v) is 9.73. The van der Waals surface area contributed by atoms with Gasteiger partial charge in [0.1, 0.15) is 12.1 Å². The van der Waals surface area contributed by atoms with Crippen molar-refractivity contribution in [1.29, 1.82) is 0 Å². The second-order valence-electron chi connectivity index (χ2n) is 7.29. The van der Waals surface area contributed by atoms with Crippen LogP contribution in [0.4, 0.5) is 19.0 Å². The Morgan fingerprint density at radius 2 is 2.10 bits per heavy atom. The fourth-order valence-electron chi connectivity index (χ4n) is 3.38. The second kappa shape index (κ2) is 9.41. The van der Waals surface area contributed by atoms with E-state index in [4.69, 9.17) is 14.6 Å². The Bertz CT molecular complexity index is 840. The van der Waals surface area contributed by atoms with Crippen LogP contribution in [-0.4, -0.2) is 56.8 Å². The lowest BCUT2D eigenvalue weighted by Crippen LogP contribution is -2.37. The van der Waals surface area contributed by atoms with Gasteiger partial charge in [-0.25, -0.2) is 14.8 Å². The van der Waals surface area contributed by atoms with Gasteiger partial charge in [0.2, 0.25) is 0 Å². The molecule has 1 aliphatic carbocycles. The van der Waals surface area contributed by atoms with Gasteiger partial charge in [0.15, 0.2) is 0 Å². The fraction of sp³-hybridized carbons (Fsp3) is 0.579. The largest absolute Gasteiger partial charge is 0.490 e. The van der Waals surface area contributed by atoms with Crippen LogP contribution >= 0.6 is 0 Å². The number of aliphatic carboxylic acids is 1. The van der Waals surface area contributed by atoms with Gasteiger partial charge in [0.25, 0.3) is 0 Å². The molecule has 1 atom stereocenters. The van der Waals surface area contributed by atoms with Crippen molar-refractivity contribution in [2.24, 2.45) is 5.92 Å². The van der Waals surface area contributed by atoms with Crippen LogP contribution in [0.15, 0.2) is 24.8 Å². The number of nitrogens with zero attached hydrogens (tertiary/aromatic N) is 5. The average Bonchev–Trinajstić information content (AvgIpc) is 3.44. The third-order valence-corrected chi connectivity index (χ3v) is 4.93. The number of carboxylic acids is 1. The predicted octanol–water partition coefficient (Wildman–Crippen LogP) is 2.86. The highest BCUT2D eigenvalue weighted by Gasteiger charge is 2.38. The molecule has 0 bridgehead atoms. The zero-order chi connectivity index (χ0) is 21.7. The minimum absolute atomic E-state index is 0.343. The average molecular weight is 427 g/mol. The maximum absolute atomic E-state index is 10.6.